The van der Waals surface area contributed by atoms with Crippen molar-refractivity contribution in [3.63, 3.8) is 0 Å². The first-order valence-corrected chi connectivity index (χ1v) is 8.95. The smallest absolute Gasteiger partial charge is 0.0240 e. The summed E-state index contributed by atoms with van der Waals surface area (Å²) in [5.41, 5.74) is 4.54. The maximum absolute atomic E-state index is 2.72. The normalized spacial score (nSPS) is 22.7. The summed E-state index contributed by atoms with van der Waals surface area (Å²) in [6.07, 6.45) is 3.90. The van der Waals surface area contributed by atoms with E-state index in [0.29, 0.717) is 0 Å². The van der Waals surface area contributed by atoms with Crippen molar-refractivity contribution in [2.75, 3.05) is 19.6 Å². The molecule has 23 heavy (non-hydrogen) atoms. The van der Waals surface area contributed by atoms with Crippen molar-refractivity contribution in [1.82, 2.24) is 9.80 Å². The molecule has 2 heterocycles. The Kier molecular flexibility index (Phi) is 4.45. The van der Waals surface area contributed by atoms with Crippen molar-refractivity contribution in [3.8, 4) is 0 Å². The molecule has 0 aromatic heterocycles. The van der Waals surface area contributed by atoms with Crippen LogP contribution in [0, 0.1) is 0 Å². The molecule has 0 saturated carbocycles. The summed E-state index contributed by atoms with van der Waals surface area (Å²) in [6, 6.07) is 20.6. The molecule has 2 aromatic rings. The Hall–Kier alpha value is -1.64. The van der Waals surface area contributed by atoms with E-state index in [-0.39, 0.29) is 0 Å². The molecule has 2 aromatic carbocycles. The monoisotopic (exact) mass is 306 g/mol. The number of fused-ring (bicyclic) bond motifs is 1. The lowest BCUT2D eigenvalue weighted by atomic mass is 9.96. The van der Waals surface area contributed by atoms with E-state index >= 15 is 0 Å². The van der Waals surface area contributed by atoms with Crippen LogP contribution >= 0.6 is 0 Å². The van der Waals surface area contributed by atoms with Gasteiger partial charge in [-0.3, -0.25) is 9.80 Å². The fourth-order valence-electron chi connectivity index (χ4n) is 4.14. The Labute approximate surface area is 139 Å². The molecule has 1 saturated heterocycles. The van der Waals surface area contributed by atoms with Crippen molar-refractivity contribution in [1.29, 1.82) is 0 Å². The lowest BCUT2D eigenvalue weighted by Crippen LogP contribution is -2.49. The summed E-state index contributed by atoms with van der Waals surface area (Å²) >= 11 is 0. The van der Waals surface area contributed by atoms with E-state index in [4.69, 9.17) is 0 Å². The van der Waals surface area contributed by atoms with Crippen molar-refractivity contribution in [3.05, 3.63) is 71.3 Å². The highest BCUT2D eigenvalue weighted by atomic mass is 15.2. The van der Waals surface area contributed by atoms with Gasteiger partial charge in [-0.2, -0.15) is 0 Å². The van der Waals surface area contributed by atoms with Crippen LogP contribution in [0.4, 0.5) is 0 Å². The molecule has 0 spiro atoms. The third-order valence-corrected chi connectivity index (χ3v) is 5.41. The number of benzene rings is 2. The van der Waals surface area contributed by atoms with E-state index in [9.17, 15) is 0 Å². The lowest BCUT2D eigenvalue weighted by molar-refractivity contribution is 0.0838. The average molecular weight is 306 g/mol. The van der Waals surface area contributed by atoms with Crippen LogP contribution in [0.3, 0.4) is 0 Å². The number of hydrogen-bond acceptors (Lipinski definition) is 2. The molecule has 2 aliphatic heterocycles. The first-order valence-electron chi connectivity index (χ1n) is 8.95. The van der Waals surface area contributed by atoms with Crippen molar-refractivity contribution in [2.45, 2.75) is 38.4 Å². The van der Waals surface area contributed by atoms with Crippen LogP contribution in [-0.2, 0) is 19.5 Å². The van der Waals surface area contributed by atoms with Crippen LogP contribution in [0.1, 0.15) is 29.5 Å². The van der Waals surface area contributed by atoms with Gasteiger partial charge in [0.05, 0.1) is 0 Å². The molecular weight excluding hydrogens is 280 g/mol. The number of nitrogens with zero attached hydrogens (tertiary/aromatic N) is 2. The fourth-order valence-corrected chi connectivity index (χ4v) is 4.14. The lowest BCUT2D eigenvalue weighted by Gasteiger charge is -2.41. The number of piperidine rings is 1. The topological polar surface area (TPSA) is 6.48 Å². The van der Waals surface area contributed by atoms with E-state index < -0.39 is 0 Å². The van der Waals surface area contributed by atoms with Crippen LogP contribution in [0.25, 0.3) is 0 Å². The van der Waals surface area contributed by atoms with Gasteiger partial charge in [-0.05, 0) is 42.5 Å². The van der Waals surface area contributed by atoms with Crippen LogP contribution in [0.5, 0.6) is 0 Å². The predicted molar refractivity (Wildman–Crippen MR) is 95.3 cm³/mol. The highest BCUT2D eigenvalue weighted by Gasteiger charge is 2.27. The summed E-state index contributed by atoms with van der Waals surface area (Å²) in [6.45, 7) is 5.93. The molecule has 0 amide bonds. The minimum atomic E-state index is 0.723. The molecule has 0 bridgehead atoms. The molecule has 2 heteroatoms. The first-order chi connectivity index (χ1) is 11.4. The molecule has 0 unspecified atom stereocenters. The average Bonchev–Trinajstić information content (AvgIpc) is 2.62. The summed E-state index contributed by atoms with van der Waals surface area (Å²) in [7, 11) is 0. The maximum atomic E-state index is 2.72. The second-order valence-electron chi connectivity index (χ2n) is 7.01. The minimum absolute atomic E-state index is 0.723. The molecule has 0 N–H and O–H groups in total. The van der Waals surface area contributed by atoms with Gasteiger partial charge in [0.15, 0.2) is 0 Å². The highest BCUT2D eigenvalue weighted by Crippen LogP contribution is 2.25. The Bertz CT molecular complexity index is 637. The third kappa shape index (κ3) is 3.49. The largest absolute Gasteiger partial charge is 0.298 e. The zero-order valence-electron chi connectivity index (χ0n) is 13.8. The molecule has 4 rings (SSSR count). The van der Waals surface area contributed by atoms with Crippen LogP contribution in [0.15, 0.2) is 54.6 Å². The van der Waals surface area contributed by atoms with E-state index in [0.717, 1.165) is 19.1 Å². The van der Waals surface area contributed by atoms with E-state index in [1.807, 2.05) is 0 Å². The Morgan fingerprint density at radius 2 is 1.65 bits per heavy atom. The quantitative estimate of drug-likeness (QED) is 0.853. The van der Waals surface area contributed by atoms with Gasteiger partial charge in [0, 0.05) is 32.2 Å². The SMILES string of the molecule is c1ccc(CN2CCC[C@H](N3CCc4ccccc4C3)C2)cc1. The van der Waals surface area contributed by atoms with Crippen molar-refractivity contribution < 1.29 is 0 Å². The summed E-state index contributed by atoms with van der Waals surface area (Å²) < 4.78 is 0. The number of hydrogen-bond donors (Lipinski definition) is 0. The molecule has 0 radical (unpaired) electrons. The zero-order valence-corrected chi connectivity index (χ0v) is 13.8. The molecular formula is C21H26N2. The van der Waals surface area contributed by atoms with Crippen LogP contribution in [-0.4, -0.2) is 35.5 Å². The van der Waals surface area contributed by atoms with Gasteiger partial charge in [-0.1, -0.05) is 54.6 Å². The minimum Gasteiger partial charge on any atom is -0.298 e. The highest BCUT2D eigenvalue weighted by molar-refractivity contribution is 5.29. The van der Waals surface area contributed by atoms with E-state index in [1.54, 1.807) is 11.1 Å². The third-order valence-electron chi connectivity index (χ3n) is 5.41. The van der Waals surface area contributed by atoms with Crippen molar-refractivity contribution >= 4 is 0 Å². The maximum Gasteiger partial charge on any atom is 0.0240 e. The van der Waals surface area contributed by atoms with Gasteiger partial charge in [0.2, 0.25) is 0 Å². The van der Waals surface area contributed by atoms with Gasteiger partial charge >= 0.3 is 0 Å². The molecule has 1 atom stereocenters. The Balaban J connectivity index is 1.40. The van der Waals surface area contributed by atoms with E-state index in [2.05, 4.69) is 64.4 Å². The predicted octanol–water partition coefficient (Wildman–Crippen LogP) is 3.71. The molecule has 1 fully saturated rings. The Morgan fingerprint density at radius 3 is 2.52 bits per heavy atom. The second-order valence-corrected chi connectivity index (χ2v) is 7.01. The van der Waals surface area contributed by atoms with Crippen LogP contribution < -0.4 is 0 Å². The molecule has 0 aliphatic carbocycles. The second kappa shape index (κ2) is 6.86. The van der Waals surface area contributed by atoms with Gasteiger partial charge in [-0.15, -0.1) is 0 Å². The first kappa shape index (κ1) is 14.9. The van der Waals surface area contributed by atoms with Crippen molar-refractivity contribution in [2.24, 2.45) is 0 Å². The molecule has 2 aliphatic rings. The van der Waals surface area contributed by atoms with Gasteiger partial charge in [-0.25, -0.2) is 0 Å². The molecule has 120 valence electrons. The summed E-state index contributed by atoms with van der Waals surface area (Å²) in [5, 5.41) is 0. The van der Waals surface area contributed by atoms with Crippen LogP contribution in [0.2, 0.25) is 0 Å². The number of likely N-dealkylation sites (tertiary alicyclic amines) is 1. The van der Waals surface area contributed by atoms with Gasteiger partial charge in [0.25, 0.3) is 0 Å². The standard InChI is InChI=1S/C21H26N2/c1-2-7-18(8-3-1)15-22-13-6-11-21(17-22)23-14-12-19-9-4-5-10-20(19)16-23/h1-5,7-10,21H,6,11-17H2/t21-/m0/s1. The molecule has 2 nitrogen and oxygen atoms in total. The van der Waals surface area contributed by atoms with Gasteiger partial charge < -0.3 is 0 Å². The summed E-state index contributed by atoms with van der Waals surface area (Å²) in [4.78, 5) is 5.36. The fraction of sp³-hybridized carbons (Fsp3) is 0.429. The number of rotatable bonds is 3. The van der Waals surface area contributed by atoms with E-state index in [1.165, 1.54) is 44.5 Å². The Morgan fingerprint density at radius 1 is 0.870 bits per heavy atom. The van der Waals surface area contributed by atoms with Gasteiger partial charge in [0.1, 0.15) is 0 Å². The zero-order chi connectivity index (χ0) is 15.5. The summed E-state index contributed by atoms with van der Waals surface area (Å²) in [5.74, 6) is 0.